The van der Waals surface area contributed by atoms with Crippen LogP contribution in [0.1, 0.15) is 17.0 Å². The molecule has 0 aliphatic heterocycles. The Labute approximate surface area is 145 Å². The summed E-state index contributed by atoms with van der Waals surface area (Å²) < 4.78 is 5.97. The maximum absolute atomic E-state index is 9.39. The molecule has 25 heavy (non-hydrogen) atoms. The number of phenolic OH excluding ortho intramolecular Hbond substituents is 1. The molecule has 0 aliphatic rings. The number of ether oxygens (including phenoxy) is 1. The number of nitrogens with one attached hydrogen (secondary N) is 1. The number of hydrogen-bond donors (Lipinski definition) is 2. The summed E-state index contributed by atoms with van der Waals surface area (Å²) in [6, 6.07) is 23.2. The molecule has 4 aromatic rings. The minimum absolute atomic E-state index is 0.268. The number of phenols is 1. The quantitative estimate of drug-likeness (QED) is 0.569. The summed E-state index contributed by atoms with van der Waals surface area (Å²) in [5, 5.41) is 9.39. The Bertz CT molecular complexity index is 976. The molecule has 2 N–H and O–H groups in total. The molecule has 0 radical (unpaired) electrons. The first-order valence-corrected chi connectivity index (χ1v) is 8.20. The van der Waals surface area contributed by atoms with Gasteiger partial charge in [-0.15, -0.1) is 0 Å². The lowest BCUT2D eigenvalue weighted by Crippen LogP contribution is -1.95. The van der Waals surface area contributed by atoms with Crippen LogP contribution in [0, 0.1) is 0 Å². The highest BCUT2D eigenvalue weighted by atomic mass is 16.5. The number of nitrogens with zero attached hydrogens (tertiary/aromatic N) is 1. The maximum Gasteiger partial charge on any atom is 0.147 e. The highest BCUT2D eigenvalue weighted by Gasteiger charge is 2.09. The molecule has 124 valence electrons. The molecule has 4 rings (SSSR count). The van der Waals surface area contributed by atoms with Gasteiger partial charge in [-0.05, 0) is 35.4 Å². The molecule has 0 amide bonds. The Hall–Kier alpha value is -3.27. The van der Waals surface area contributed by atoms with E-state index in [1.807, 2.05) is 60.7 Å². The molecule has 0 unspecified atom stereocenters. The normalized spacial score (nSPS) is 10.9. The van der Waals surface area contributed by atoms with Crippen molar-refractivity contribution in [1.82, 2.24) is 9.97 Å². The van der Waals surface area contributed by atoms with Crippen LogP contribution in [0.25, 0.3) is 11.0 Å². The Morgan fingerprint density at radius 3 is 2.44 bits per heavy atom. The number of aromatic hydroxyl groups is 1. The molecule has 0 saturated heterocycles. The van der Waals surface area contributed by atoms with Crippen LogP contribution in [0.4, 0.5) is 0 Å². The summed E-state index contributed by atoms with van der Waals surface area (Å²) in [6.45, 7) is 0.514. The number of imidazole rings is 1. The van der Waals surface area contributed by atoms with Crippen LogP contribution in [-0.4, -0.2) is 15.1 Å². The van der Waals surface area contributed by atoms with Crippen molar-refractivity contribution in [2.75, 3.05) is 0 Å². The van der Waals surface area contributed by atoms with Gasteiger partial charge in [-0.2, -0.15) is 0 Å². The van der Waals surface area contributed by atoms with Crippen LogP contribution in [0.5, 0.6) is 11.5 Å². The Morgan fingerprint density at radius 1 is 0.840 bits per heavy atom. The second-order valence-corrected chi connectivity index (χ2v) is 5.95. The lowest BCUT2D eigenvalue weighted by atomic mass is 10.1. The molecule has 1 aromatic heterocycles. The fourth-order valence-corrected chi connectivity index (χ4v) is 2.80. The molecule has 0 spiro atoms. The van der Waals surface area contributed by atoms with E-state index in [2.05, 4.69) is 4.98 Å². The standard InChI is InChI=1S/C21H18N2O2/c24-17-11-9-15(10-12-17)13-20-22-18-7-4-8-19(21(18)23-20)25-14-16-5-2-1-3-6-16/h1-12,24H,13-14H2,(H,22,23). The van der Waals surface area contributed by atoms with Gasteiger partial charge in [0.05, 0.1) is 5.52 Å². The van der Waals surface area contributed by atoms with Crippen molar-refractivity contribution in [3.8, 4) is 11.5 Å². The number of aromatic amines is 1. The minimum atomic E-state index is 0.268. The highest BCUT2D eigenvalue weighted by molar-refractivity contribution is 5.81. The Kier molecular flexibility index (Phi) is 4.09. The van der Waals surface area contributed by atoms with Gasteiger partial charge in [0.2, 0.25) is 0 Å². The van der Waals surface area contributed by atoms with Gasteiger partial charge in [0.25, 0.3) is 0 Å². The van der Waals surface area contributed by atoms with Crippen molar-refractivity contribution in [3.05, 3.63) is 89.7 Å². The zero-order valence-electron chi connectivity index (χ0n) is 13.6. The van der Waals surface area contributed by atoms with Crippen LogP contribution in [0.15, 0.2) is 72.8 Å². The topological polar surface area (TPSA) is 58.1 Å². The van der Waals surface area contributed by atoms with E-state index in [4.69, 9.17) is 9.72 Å². The van der Waals surface area contributed by atoms with Gasteiger partial charge in [-0.1, -0.05) is 48.5 Å². The van der Waals surface area contributed by atoms with Gasteiger partial charge in [0, 0.05) is 6.42 Å². The SMILES string of the molecule is Oc1ccc(Cc2nc3c(OCc4ccccc4)cccc3[nH]2)cc1. The van der Waals surface area contributed by atoms with E-state index in [1.54, 1.807) is 12.1 Å². The van der Waals surface area contributed by atoms with Crippen LogP contribution in [0.3, 0.4) is 0 Å². The van der Waals surface area contributed by atoms with E-state index in [1.165, 1.54) is 0 Å². The zero-order chi connectivity index (χ0) is 17.1. The van der Waals surface area contributed by atoms with E-state index in [-0.39, 0.29) is 5.75 Å². The van der Waals surface area contributed by atoms with Crippen molar-refractivity contribution in [1.29, 1.82) is 0 Å². The summed E-state index contributed by atoms with van der Waals surface area (Å²) in [7, 11) is 0. The average Bonchev–Trinajstić information content (AvgIpc) is 3.06. The number of fused-ring (bicyclic) bond motifs is 1. The molecule has 0 saturated carbocycles. The molecule has 1 heterocycles. The first-order valence-electron chi connectivity index (χ1n) is 8.20. The highest BCUT2D eigenvalue weighted by Crippen LogP contribution is 2.25. The summed E-state index contributed by atoms with van der Waals surface area (Å²) >= 11 is 0. The third-order valence-corrected chi connectivity index (χ3v) is 4.07. The van der Waals surface area contributed by atoms with Crippen LogP contribution >= 0.6 is 0 Å². The van der Waals surface area contributed by atoms with Crippen molar-refractivity contribution in [2.24, 2.45) is 0 Å². The smallest absolute Gasteiger partial charge is 0.147 e. The minimum Gasteiger partial charge on any atom is -0.508 e. The first-order chi connectivity index (χ1) is 12.3. The average molecular weight is 330 g/mol. The number of H-pyrrole nitrogens is 1. The molecule has 0 fully saturated rings. The van der Waals surface area contributed by atoms with E-state index in [0.717, 1.165) is 33.7 Å². The monoisotopic (exact) mass is 330 g/mol. The van der Waals surface area contributed by atoms with E-state index >= 15 is 0 Å². The summed E-state index contributed by atoms with van der Waals surface area (Å²) in [5.41, 5.74) is 4.01. The molecule has 3 aromatic carbocycles. The molecule has 4 nitrogen and oxygen atoms in total. The molecule has 0 aliphatic carbocycles. The fourth-order valence-electron chi connectivity index (χ4n) is 2.80. The molecule has 4 heteroatoms. The number of aromatic nitrogens is 2. The van der Waals surface area contributed by atoms with Crippen LogP contribution in [-0.2, 0) is 13.0 Å². The Morgan fingerprint density at radius 2 is 1.64 bits per heavy atom. The second-order valence-electron chi connectivity index (χ2n) is 5.95. The summed E-state index contributed by atoms with van der Waals surface area (Å²) in [6.07, 6.45) is 0.674. The van der Waals surface area contributed by atoms with Crippen LogP contribution in [0.2, 0.25) is 0 Å². The maximum atomic E-state index is 9.39. The number of benzene rings is 3. The van der Waals surface area contributed by atoms with Gasteiger partial charge < -0.3 is 14.8 Å². The number of hydrogen-bond acceptors (Lipinski definition) is 3. The third-order valence-electron chi connectivity index (χ3n) is 4.07. The second kappa shape index (κ2) is 6.69. The first kappa shape index (κ1) is 15.3. The fraction of sp³-hybridized carbons (Fsp3) is 0.0952. The van der Waals surface area contributed by atoms with Gasteiger partial charge >= 0.3 is 0 Å². The number of rotatable bonds is 5. The van der Waals surface area contributed by atoms with E-state index < -0.39 is 0 Å². The predicted octanol–water partition coefficient (Wildman–Crippen LogP) is 4.44. The molecular weight excluding hydrogens is 312 g/mol. The predicted molar refractivity (Wildman–Crippen MR) is 97.8 cm³/mol. The van der Waals surface area contributed by atoms with Gasteiger partial charge in [0.15, 0.2) is 0 Å². The molecular formula is C21H18N2O2. The Balaban J connectivity index is 1.56. The summed E-state index contributed by atoms with van der Waals surface area (Å²) in [5.74, 6) is 1.91. The van der Waals surface area contributed by atoms with Gasteiger partial charge in [0.1, 0.15) is 29.4 Å². The van der Waals surface area contributed by atoms with Crippen molar-refractivity contribution in [3.63, 3.8) is 0 Å². The van der Waals surface area contributed by atoms with Crippen molar-refractivity contribution >= 4 is 11.0 Å². The zero-order valence-corrected chi connectivity index (χ0v) is 13.6. The van der Waals surface area contributed by atoms with E-state index in [0.29, 0.717) is 13.0 Å². The van der Waals surface area contributed by atoms with Gasteiger partial charge in [-0.3, -0.25) is 0 Å². The molecule has 0 bridgehead atoms. The van der Waals surface area contributed by atoms with Gasteiger partial charge in [-0.25, -0.2) is 4.98 Å². The summed E-state index contributed by atoms with van der Waals surface area (Å²) in [4.78, 5) is 8.04. The van der Waals surface area contributed by atoms with Crippen molar-refractivity contribution < 1.29 is 9.84 Å². The largest absolute Gasteiger partial charge is 0.508 e. The molecule has 0 atom stereocenters. The lowest BCUT2D eigenvalue weighted by Gasteiger charge is -2.06. The van der Waals surface area contributed by atoms with E-state index in [9.17, 15) is 5.11 Å². The third kappa shape index (κ3) is 3.48. The number of para-hydroxylation sites is 1. The lowest BCUT2D eigenvalue weighted by molar-refractivity contribution is 0.309. The van der Waals surface area contributed by atoms with Crippen LogP contribution < -0.4 is 4.74 Å². The van der Waals surface area contributed by atoms with Crippen molar-refractivity contribution in [2.45, 2.75) is 13.0 Å².